The first-order valence-corrected chi connectivity index (χ1v) is 14.1. The number of imidazole rings is 1. The van der Waals surface area contributed by atoms with E-state index in [4.69, 9.17) is 24.2 Å². The summed E-state index contributed by atoms with van der Waals surface area (Å²) in [6.45, 7) is 6.97. The SMILES string of the molecule is COc1cccc(-c2nc3sccn3c2-c2ccnc(N[C@@H]3CCCN(CC#C[C@@H]4COC(C)(C)O4)C3)n2)c1. The molecule has 202 valence electrons. The van der Waals surface area contributed by atoms with Crippen molar-refractivity contribution in [1.29, 1.82) is 0 Å². The van der Waals surface area contributed by atoms with Crippen LogP contribution in [0.4, 0.5) is 5.95 Å². The Morgan fingerprint density at radius 1 is 1.26 bits per heavy atom. The average molecular weight is 545 g/mol. The number of hydrogen-bond acceptors (Lipinski definition) is 9. The summed E-state index contributed by atoms with van der Waals surface area (Å²) in [6, 6.07) is 10.1. The predicted molar refractivity (Wildman–Crippen MR) is 152 cm³/mol. The van der Waals surface area contributed by atoms with Crippen molar-refractivity contribution >= 4 is 22.2 Å². The van der Waals surface area contributed by atoms with Crippen molar-refractivity contribution in [2.75, 3.05) is 38.7 Å². The summed E-state index contributed by atoms with van der Waals surface area (Å²) in [6.07, 6.45) is 5.83. The zero-order valence-corrected chi connectivity index (χ0v) is 23.2. The van der Waals surface area contributed by atoms with Crippen LogP contribution >= 0.6 is 11.3 Å². The van der Waals surface area contributed by atoms with Crippen LogP contribution in [0.2, 0.25) is 0 Å². The average Bonchev–Trinajstić information content (AvgIpc) is 3.63. The largest absolute Gasteiger partial charge is 0.497 e. The van der Waals surface area contributed by atoms with Crippen molar-refractivity contribution in [3.8, 4) is 40.2 Å². The van der Waals surface area contributed by atoms with E-state index >= 15 is 0 Å². The lowest BCUT2D eigenvalue weighted by Gasteiger charge is -2.31. The Balaban J connectivity index is 1.18. The maximum atomic E-state index is 5.79. The number of hydrogen-bond donors (Lipinski definition) is 1. The number of rotatable bonds is 6. The van der Waals surface area contributed by atoms with Gasteiger partial charge in [-0.05, 0) is 51.4 Å². The van der Waals surface area contributed by atoms with Gasteiger partial charge in [0, 0.05) is 35.9 Å². The maximum Gasteiger partial charge on any atom is 0.223 e. The Bertz CT molecular complexity index is 1520. The first-order chi connectivity index (χ1) is 19.0. The third-order valence-electron chi connectivity index (χ3n) is 6.92. The monoisotopic (exact) mass is 544 g/mol. The second-order valence-electron chi connectivity index (χ2n) is 10.2. The van der Waals surface area contributed by atoms with Crippen LogP contribution in [0.25, 0.3) is 27.6 Å². The zero-order valence-electron chi connectivity index (χ0n) is 22.4. The van der Waals surface area contributed by atoms with Gasteiger partial charge in [0.25, 0.3) is 0 Å². The van der Waals surface area contributed by atoms with Crippen molar-refractivity contribution < 1.29 is 14.2 Å². The fraction of sp³-hybridized carbons (Fsp3) is 0.414. The molecule has 4 aromatic rings. The number of thiazole rings is 1. The molecule has 0 bridgehead atoms. The Kier molecular flexibility index (Phi) is 7.23. The van der Waals surface area contributed by atoms with Crippen molar-refractivity contribution in [2.24, 2.45) is 0 Å². The molecule has 0 aliphatic carbocycles. The Labute approximate surface area is 232 Å². The Morgan fingerprint density at radius 2 is 2.18 bits per heavy atom. The highest BCUT2D eigenvalue weighted by molar-refractivity contribution is 7.15. The molecule has 1 aromatic carbocycles. The number of nitrogens with one attached hydrogen (secondary N) is 1. The van der Waals surface area contributed by atoms with Gasteiger partial charge in [-0.1, -0.05) is 24.0 Å². The van der Waals surface area contributed by atoms with Gasteiger partial charge in [0.05, 0.1) is 31.6 Å². The van der Waals surface area contributed by atoms with Crippen molar-refractivity contribution in [1.82, 2.24) is 24.3 Å². The fourth-order valence-electron chi connectivity index (χ4n) is 5.09. The molecule has 2 atom stereocenters. The van der Waals surface area contributed by atoms with Gasteiger partial charge in [-0.15, -0.1) is 11.3 Å². The van der Waals surface area contributed by atoms with Crippen LogP contribution < -0.4 is 10.1 Å². The summed E-state index contributed by atoms with van der Waals surface area (Å²) in [5.74, 6) is 7.36. The van der Waals surface area contributed by atoms with Crippen molar-refractivity contribution in [2.45, 2.75) is 44.6 Å². The van der Waals surface area contributed by atoms with Crippen molar-refractivity contribution in [3.05, 3.63) is 48.1 Å². The molecule has 2 fully saturated rings. The molecule has 2 aliphatic heterocycles. The van der Waals surface area contributed by atoms with Crippen LogP contribution in [-0.2, 0) is 9.47 Å². The van der Waals surface area contributed by atoms with Gasteiger partial charge in [-0.2, -0.15) is 0 Å². The molecule has 0 unspecified atom stereocenters. The summed E-state index contributed by atoms with van der Waals surface area (Å²) in [5, 5.41) is 5.61. The minimum absolute atomic E-state index is 0.157. The number of ether oxygens (including phenoxy) is 3. The molecule has 1 N–H and O–H groups in total. The lowest BCUT2D eigenvalue weighted by Crippen LogP contribution is -2.42. The standard InChI is InChI=1S/C29H32N6O3S/c1-29(2)37-19-23(38-29)10-6-14-34-13-5-8-21(18-34)31-27-30-12-11-24(32-27)26-25(33-28-35(26)15-16-39-28)20-7-4-9-22(17-20)36-3/h4,7,9,11-12,15-17,21,23H,5,8,13-14,18-19H2,1-3H3,(H,30,31,32)/t21-,23-/m1/s1. The molecule has 2 saturated heterocycles. The number of nitrogens with zero attached hydrogens (tertiary/aromatic N) is 5. The number of benzene rings is 1. The lowest BCUT2D eigenvalue weighted by molar-refractivity contribution is -0.132. The quantitative estimate of drug-likeness (QED) is 0.354. The third-order valence-corrected chi connectivity index (χ3v) is 7.67. The molecule has 9 nitrogen and oxygen atoms in total. The van der Waals surface area contributed by atoms with Crippen LogP contribution in [0.1, 0.15) is 26.7 Å². The minimum Gasteiger partial charge on any atom is -0.497 e. The molecule has 6 rings (SSSR count). The van der Waals surface area contributed by atoms with Crippen molar-refractivity contribution in [3.63, 3.8) is 0 Å². The van der Waals surface area contributed by atoms with E-state index in [-0.39, 0.29) is 12.1 Å². The molecule has 10 heteroatoms. The van der Waals surface area contributed by atoms with Gasteiger partial charge in [-0.25, -0.2) is 15.0 Å². The molecule has 3 aromatic heterocycles. The highest BCUT2D eigenvalue weighted by Crippen LogP contribution is 2.35. The molecular weight excluding hydrogens is 512 g/mol. The molecular formula is C29H32N6O3S. The van der Waals surface area contributed by atoms with E-state index in [1.807, 2.05) is 62.0 Å². The van der Waals surface area contributed by atoms with Gasteiger partial charge < -0.3 is 19.5 Å². The molecule has 0 radical (unpaired) electrons. The van der Waals surface area contributed by atoms with Crippen LogP contribution in [0, 0.1) is 11.8 Å². The number of piperidine rings is 1. The number of methoxy groups -OCH3 is 1. The zero-order chi connectivity index (χ0) is 26.8. The van der Waals surface area contributed by atoms with Crippen LogP contribution in [0.15, 0.2) is 48.1 Å². The third kappa shape index (κ3) is 5.77. The van der Waals surface area contributed by atoms with Crippen LogP contribution in [-0.4, -0.2) is 75.5 Å². The molecule has 0 saturated carbocycles. The topological polar surface area (TPSA) is 86.0 Å². The summed E-state index contributed by atoms with van der Waals surface area (Å²) in [5.41, 5.74) is 3.60. The van der Waals surface area contributed by atoms with Gasteiger partial charge in [0.15, 0.2) is 10.7 Å². The van der Waals surface area contributed by atoms with E-state index in [1.54, 1.807) is 18.4 Å². The molecule has 0 amide bonds. The highest BCUT2D eigenvalue weighted by atomic mass is 32.1. The first-order valence-electron chi connectivity index (χ1n) is 13.2. The van der Waals surface area contributed by atoms with E-state index in [0.717, 1.165) is 59.3 Å². The smallest absolute Gasteiger partial charge is 0.223 e. The predicted octanol–water partition coefficient (Wildman–Crippen LogP) is 4.56. The summed E-state index contributed by atoms with van der Waals surface area (Å²) in [4.78, 5) is 17.7. The second kappa shape index (κ2) is 10.9. The van der Waals surface area contributed by atoms with E-state index in [9.17, 15) is 0 Å². The number of anilines is 1. The first kappa shape index (κ1) is 25.8. The van der Waals surface area contributed by atoms with Crippen LogP contribution in [0.3, 0.4) is 0 Å². The normalized spacial score (nSPS) is 21.0. The fourth-order valence-corrected chi connectivity index (χ4v) is 5.81. The Hall–Kier alpha value is -3.49. The lowest BCUT2D eigenvalue weighted by atomic mass is 10.1. The van der Waals surface area contributed by atoms with Gasteiger partial charge >= 0.3 is 0 Å². The molecule has 39 heavy (non-hydrogen) atoms. The molecule has 2 aliphatic rings. The number of aromatic nitrogens is 4. The van der Waals surface area contributed by atoms with Gasteiger partial charge in [0.2, 0.25) is 5.95 Å². The van der Waals surface area contributed by atoms with E-state index in [1.165, 1.54) is 0 Å². The van der Waals surface area contributed by atoms with Crippen LogP contribution in [0.5, 0.6) is 5.75 Å². The van der Waals surface area contributed by atoms with Gasteiger partial charge in [0.1, 0.15) is 17.5 Å². The highest BCUT2D eigenvalue weighted by Gasteiger charge is 2.31. The van der Waals surface area contributed by atoms with E-state index in [0.29, 0.717) is 19.1 Å². The van der Waals surface area contributed by atoms with Gasteiger partial charge in [-0.3, -0.25) is 9.30 Å². The van der Waals surface area contributed by atoms with E-state index in [2.05, 4.69) is 31.4 Å². The maximum absolute atomic E-state index is 5.79. The minimum atomic E-state index is -0.547. The molecule has 0 spiro atoms. The Morgan fingerprint density at radius 3 is 3.03 bits per heavy atom. The summed E-state index contributed by atoms with van der Waals surface area (Å²) < 4.78 is 18.9. The number of likely N-dealkylation sites (tertiary alicyclic amines) is 1. The second-order valence-corrected chi connectivity index (χ2v) is 11.1. The summed E-state index contributed by atoms with van der Waals surface area (Å²) in [7, 11) is 1.67. The summed E-state index contributed by atoms with van der Waals surface area (Å²) >= 11 is 1.60. The number of fused-ring (bicyclic) bond motifs is 1. The molecule has 5 heterocycles. The van der Waals surface area contributed by atoms with E-state index < -0.39 is 5.79 Å².